The second-order valence-corrected chi connectivity index (χ2v) is 2.52. The molecule has 0 atom stereocenters. The molecule has 1 aromatic rings. The number of imidazole rings is 1. The molecule has 0 saturated heterocycles. The molecular weight excluding hydrogens is 132 g/mol. The molecule has 0 aromatic carbocycles. The molecular formula is C6H8N2S. The van der Waals surface area contributed by atoms with E-state index in [4.69, 9.17) is 0 Å². The summed E-state index contributed by atoms with van der Waals surface area (Å²) in [7, 11) is 0. The molecule has 0 fully saturated rings. The molecule has 0 unspecified atom stereocenters. The summed E-state index contributed by atoms with van der Waals surface area (Å²) in [5.41, 5.74) is 0. The second kappa shape index (κ2) is 3.35. The largest absolute Gasteiger partial charge is 0.280 e. The highest BCUT2D eigenvalue weighted by molar-refractivity contribution is 7.97. The summed E-state index contributed by atoms with van der Waals surface area (Å²) < 4.78 is 1.95. The minimum Gasteiger partial charge on any atom is -0.280 e. The number of hydrogen-bond acceptors (Lipinski definition) is 2. The summed E-state index contributed by atoms with van der Waals surface area (Å²) in [6.07, 6.45) is 7.31. The van der Waals surface area contributed by atoms with Gasteiger partial charge in [0.2, 0.25) is 0 Å². The number of nitrogens with zero attached hydrogens (tertiary/aromatic N) is 2. The Bertz CT molecular complexity index is 169. The highest BCUT2D eigenvalue weighted by Crippen LogP contribution is 2.02. The van der Waals surface area contributed by atoms with Crippen molar-refractivity contribution in [2.24, 2.45) is 0 Å². The van der Waals surface area contributed by atoms with Crippen LogP contribution < -0.4 is 0 Å². The molecule has 0 bridgehead atoms. The average Bonchev–Trinajstić information content (AvgIpc) is 2.34. The summed E-state index contributed by atoms with van der Waals surface area (Å²) in [6.45, 7) is 3.61. The van der Waals surface area contributed by atoms with Gasteiger partial charge in [0, 0.05) is 18.1 Å². The monoisotopic (exact) mass is 140 g/mol. The zero-order valence-electron chi connectivity index (χ0n) is 5.03. The van der Waals surface area contributed by atoms with Crippen LogP contribution in [-0.2, 0) is 0 Å². The summed E-state index contributed by atoms with van der Waals surface area (Å²) in [5, 5.41) is 0. The fourth-order valence-electron chi connectivity index (χ4n) is 0.462. The van der Waals surface area contributed by atoms with Crippen LogP contribution in [0.1, 0.15) is 0 Å². The molecule has 0 amide bonds. The normalized spacial score (nSPS) is 9.33. The molecule has 0 aliphatic rings. The lowest BCUT2D eigenvalue weighted by Crippen LogP contribution is -1.80. The van der Waals surface area contributed by atoms with Crippen molar-refractivity contribution in [2.45, 2.75) is 0 Å². The maximum absolute atomic E-state index is 3.88. The smallest absolute Gasteiger partial charge is 0.105 e. The molecule has 0 saturated carbocycles. The van der Waals surface area contributed by atoms with E-state index >= 15 is 0 Å². The topological polar surface area (TPSA) is 17.8 Å². The van der Waals surface area contributed by atoms with Gasteiger partial charge in [-0.25, -0.2) is 4.98 Å². The first-order chi connectivity index (χ1) is 4.43. The van der Waals surface area contributed by atoms with Gasteiger partial charge in [-0.05, 0) is 11.9 Å². The Hall–Kier alpha value is -0.700. The second-order valence-electron chi connectivity index (χ2n) is 1.51. The summed E-state index contributed by atoms with van der Waals surface area (Å²) in [4.78, 5) is 3.88. The summed E-state index contributed by atoms with van der Waals surface area (Å²) in [6, 6.07) is 0. The fraction of sp³-hybridized carbons (Fsp3) is 0.167. The van der Waals surface area contributed by atoms with E-state index in [0.717, 1.165) is 5.75 Å². The van der Waals surface area contributed by atoms with Crippen LogP contribution >= 0.6 is 11.9 Å². The van der Waals surface area contributed by atoms with Crippen molar-refractivity contribution >= 4 is 11.9 Å². The Morgan fingerprint density at radius 1 is 1.78 bits per heavy atom. The molecule has 0 aliphatic carbocycles. The first-order valence-corrected chi connectivity index (χ1v) is 3.60. The van der Waals surface area contributed by atoms with Crippen LogP contribution in [-0.4, -0.2) is 14.7 Å². The van der Waals surface area contributed by atoms with Crippen molar-refractivity contribution in [3.8, 4) is 0 Å². The zero-order valence-corrected chi connectivity index (χ0v) is 5.84. The molecule has 9 heavy (non-hydrogen) atoms. The van der Waals surface area contributed by atoms with Gasteiger partial charge in [-0.2, -0.15) is 0 Å². The van der Waals surface area contributed by atoms with Gasteiger partial charge in [-0.1, -0.05) is 6.08 Å². The van der Waals surface area contributed by atoms with Crippen molar-refractivity contribution in [1.82, 2.24) is 8.96 Å². The lowest BCUT2D eigenvalue weighted by atomic mass is 10.8. The number of aromatic nitrogens is 2. The van der Waals surface area contributed by atoms with Gasteiger partial charge in [0.1, 0.15) is 6.33 Å². The highest BCUT2D eigenvalue weighted by Gasteiger charge is 1.84. The van der Waals surface area contributed by atoms with Crippen molar-refractivity contribution in [3.05, 3.63) is 31.4 Å². The Morgan fingerprint density at radius 3 is 3.22 bits per heavy atom. The molecule has 1 rings (SSSR count). The van der Waals surface area contributed by atoms with E-state index in [1.807, 2.05) is 16.2 Å². The minimum atomic E-state index is 0.927. The van der Waals surface area contributed by atoms with Crippen LogP contribution in [0.15, 0.2) is 31.4 Å². The van der Waals surface area contributed by atoms with E-state index < -0.39 is 0 Å². The predicted octanol–water partition coefficient (Wildman–Crippen LogP) is 1.57. The molecule has 2 nitrogen and oxygen atoms in total. The fourth-order valence-corrected chi connectivity index (χ4v) is 1.00. The van der Waals surface area contributed by atoms with Gasteiger partial charge in [0.05, 0.1) is 0 Å². The Labute approximate surface area is 58.7 Å². The van der Waals surface area contributed by atoms with Gasteiger partial charge in [-0.15, -0.1) is 6.58 Å². The lowest BCUT2D eigenvalue weighted by Gasteiger charge is -1.93. The van der Waals surface area contributed by atoms with Crippen LogP contribution in [0.4, 0.5) is 0 Å². The van der Waals surface area contributed by atoms with E-state index in [9.17, 15) is 0 Å². The van der Waals surface area contributed by atoms with Gasteiger partial charge in [-0.3, -0.25) is 3.97 Å². The molecule has 0 radical (unpaired) electrons. The highest BCUT2D eigenvalue weighted by atomic mass is 32.2. The molecule has 1 aromatic heterocycles. The standard InChI is InChI=1S/C6H8N2S/c1-2-5-9-8-4-3-7-6-8/h2-4,6H,1,5H2. The average molecular weight is 140 g/mol. The molecule has 1 heterocycles. The van der Waals surface area contributed by atoms with E-state index in [1.165, 1.54) is 0 Å². The Balaban J connectivity index is 2.38. The molecule has 48 valence electrons. The van der Waals surface area contributed by atoms with E-state index in [-0.39, 0.29) is 0 Å². The summed E-state index contributed by atoms with van der Waals surface area (Å²) >= 11 is 1.66. The first kappa shape index (κ1) is 6.42. The van der Waals surface area contributed by atoms with Crippen LogP contribution in [0.25, 0.3) is 0 Å². The summed E-state index contributed by atoms with van der Waals surface area (Å²) in [5.74, 6) is 0.927. The third-order valence-corrected chi connectivity index (χ3v) is 1.72. The van der Waals surface area contributed by atoms with Crippen molar-refractivity contribution in [2.75, 3.05) is 5.75 Å². The molecule has 0 spiro atoms. The van der Waals surface area contributed by atoms with E-state index in [2.05, 4.69) is 11.6 Å². The minimum absolute atomic E-state index is 0.927. The van der Waals surface area contributed by atoms with Crippen LogP contribution in [0, 0.1) is 0 Å². The number of rotatable bonds is 3. The molecule has 0 N–H and O–H groups in total. The predicted molar refractivity (Wildman–Crippen MR) is 40.3 cm³/mol. The SMILES string of the molecule is C=CCSn1ccnc1. The van der Waals surface area contributed by atoms with Crippen LogP contribution in [0.3, 0.4) is 0 Å². The van der Waals surface area contributed by atoms with Gasteiger partial charge in [0.25, 0.3) is 0 Å². The van der Waals surface area contributed by atoms with Gasteiger partial charge >= 0.3 is 0 Å². The van der Waals surface area contributed by atoms with Crippen LogP contribution in [0.5, 0.6) is 0 Å². The number of hydrogen-bond donors (Lipinski definition) is 0. The maximum Gasteiger partial charge on any atom is 0.105 e. The van der Waals surface area contributed by atoms with Gasteiger partial charge in [0.15, 0.2) is 0 Å². The van der Waals surface area contributed by atoms with Crippen molar-refractivity contribution in [3.63, 3.8) is 0 Å². The van der Waals surface area contributed by atoms with Crippen LogP contribution in [0.2, 0.25) is 0 Å². The molecule has 0 aliphatic heterocycles. The van der Waals surface area contributed by atoms with Gasteiger partial charge < -0.3 is 0 Å². The lowest BCUT2D eigenvalue weighted by molar-refractivity contribution is 1.23. The van der Waals surface area contributed by atoms with Crippen molar-refractivity contribution < 1.29 is 0 Å². The first-order valence-electron chi connectivity index (χ1n) is 2.65. The third kappa shape index (κ3) is 1.93. The van der Waals surface area contributed by atoms with E-state index in [0.29, 0.717) is 0 Å². The Kier molecular flexibility index (Phi) is 2.39. The maximum atomic E-state index is 3.88. The Morgan fingerprint density at radius 2 is 2.67 bits per heavy atom. The molecule has 3 heteroatoms. The van der Waals surface area contributed by atoms with Crippen molar-refractivity contribution in [1.29, 1.82) is 0 Å². The van der Waals surface area contributed by atoms with E-state index in [1.54, 1.807) is 24.5 Å². The zero-order chi connectivity index (χ0) is 6.53. The third-order valence-electron chi connectivity index (χ3n) is 0.822. The quantitative estimate of drug-likeness (QED) is 0.593.